The van der Waals surface area contributed by atoms with Crippen LogP contribution in [0.2, 0.25) is 0 Å². The SMILES string of the molecule is O=C(O)CCN(c1ccc(Nc2ccccc2)cc1)c1nc(-c2ccc(F)cc2)cs1. The molecule has 0 amide bonds. The fraction of sp³-hybridized carbons (Fsp3) is 0.0833. The first-order chi connectivity index (χ1) is 15.1. The van der Waals surface area contributed by atoms with Crippen molar-refractivity contribution in [1.82, 2.24) is 4.98 Å². The zero-order valence-corrected chi connectivity index (χ0v) is 17.3. The molecule has 7 heteroatoms. The minimum atomic E-state index is -0.873. The highest BCUT2D eigenvalue weighted by molar-refractivity contribution is 7.14. The highest BCUT2D eigenvalue weighted by atomic mass is 32.1. The van der Waals surface area contributed by atoms with Crippen molar-refractivity contribution >= 4 is 39.5 Å². The van der Waals surface area contributed by atoms with Crippen molar-refractivity contribution in [3.63, 3.8) is 0 Å². The van der Waals surface area contributed by atoms with Crippen LogP contribution in [-0.4, -0.2) is 22.6 Å². The summed E-state index contributed by atoms with van der Waals surface area (Å²) >= 11 is 1.42. The largest absolute Gasteiger partial charge is 0.481 e. The lowest BCUT2D eigenvalue weighted by molar-refractivity contribution is -0.136. The van der Waals surface area contributed by atoms with Crippen LogP contribution in [0.25, 0.3) is 11.3 Å². The molecule has 0 saturated heterocycles. The normalized spacial score (nSPS) is 10.6. The number of para-hydroxylation sites is 1. The Labute approximate surface area is 183 Å². The molecule has 0 bridgehead atoms. The van der Waals surface area contributed by atoms with Gasteiger partial charge in [0.15, 0.2) is 5.13 Å². The number of halogens is 1. The Morgan fingerprint density at radius 2 is 1.65 bits per heavy atom. The third-order valence-corrected chi connectivity index (χ3v) is 5.52. The second-order valence-corrected chi connectivity index (χ2v) is 7.69. The fourth-order valence-corrected chi connectivity index (χ4v) is 3.98. The van der Waals surface area contributed by atoms with Crippen molar-refractivity contribution in [2.45, 2.75) is 6.42 Å². The molecule has 0 saturated carbocycles. The van der Waals surface area contributed by atoms with Crippen LogP contribution in [0.5, 0.6) is 0 Å². The van der Waals surface area contributed by atoms with E-state index in [9.17, 15) is 14.3 Å². The van der Waals surface area contributed by atoms with Crippen LogP contribution in [0.3, 0.4) is 0 Å². The lowest BCUT2D eigenvalue weighted by atomic mass is 10.2. The maximum Gasteiger partial charge on any atom is 0.305 e. The average Bonchev–Trinajstić information content (AvgIpc) is 3.26. The molecule has 0 atom stereocenters. The van der Waals surface area contributed by atoms with Gasteiger partial charge >= 0.3 is 5.97 Å². The first-order valence-corrected chi connectivity index (χ1v) is 10.6. The highest BCUT2D eigenvalue weighted by Gasteiger charge is 2.16. The number of thiazole rings is 1. The van der Waals surface area contributed by atoms with Gasteiger partial charge in [-0.15, -0.1) is 11.3 Å². The molecule has 5 nitrogen and oxygen atoms in total. The van der Waals surface area contributed by atoms with Crippen molar-refractivity contribution < 1.29 is 14.3 Å². The Morgan fingerprint density at radius 1 is 0.968 bits per heavy atom. The molecule has 0 aliphatic heterocycles. The van der Waals surface area contributed by atoms with Gasteiger partial charge in [-0.2, -0.15) is 0 Å². The summed E-state index contributed by atoms with van der Waals surface area (Å²) in [5.41, 5.74) is 4.30. The molecule has 3 aromatic carbocycles. The van der Waals surface area contributed by atoms with E-state index in [4.69, 9.17) is 0 Å². The zero-order valence-electron chi connectivity index (χ0n) is 16.5. The summed E-state index contributed by atoms with van der Waals surface area (Å²) in [6.07, 6.45) is -0.0184. The molecule has 0 unspecified atom stereocenters. The van der Waals surface area contributed by atoms with Crippen molar-refractivity contribution in [3.05, 3.63) is 90.1 Å². The molecular formula is C24H20FN3O2S. The van der Waals surface area contributed by atoms with Gasteiger partial charge in [0.2, 0.25) is 0 Å². The quantitative estimate of drug-likeness (QED) is 0.341. The second kappa shape index (κ2) is 9.40. The fourth-order valence-electron chi connectivity index (χ4n) is 3.10. The Kier molecular flexibility index (Phi) is 6.24. The first kappa shape index (κ1) is 20.6. The van der Waals surface area contributed by atoms with E-state index in [2.05, 4.69) is 10.3 Å². The molecule has 31 heavy (non-hydrogen) atoms. The van der Waals surface area contributed by atoms with Gasteiger partial charge in [0.25, 0.3) is 0 Å². The molecule has 4 aromatic rings. The summed E-state index contributed by atoms with van der Waals surface area (Å²) in [7, 11) is 0. The van der Waals surface area contributed by atoms with Crippen molar-refractivity contribution in [2.24, 2.45) is 0 Å². The van der Waals surface area contributed by atoms with Gasteiger partial charge in [0, 0.05) is 34.6 Å². The number of hydrogen-bond acceptors (Lipinski definition) is 5. The van der Waals surface area contributed by atoms with Gasteiger partial charge in [-0.1, -0.05) is 18.2 Å². The van der Waals surface area contributed by atoms with Gasteiger partial charge in [-0.25, -0.2) is 9.37 Å². The minimum absolute atomic E-state index is 0.0184. The monoisotopic (exact) mass is 433 g/mol. The van der Waals surface area contributed by atoms with Crippen molar-refractivity contribution in [1.29, 1.82) is 0 Å². The molecule has 0 fully saturated rings. The van der Waals surface area contributed by atoms with Crippen LogP contribution in [0.15, 0.2) is 84.2 Å². The maximum absolute atomic E-state index is 13.2. The standard InChI is InChI=1S/C24H20FN3O2S/c25-18-8-6-17(7-9-18)22-16-31-24(27-22)28(15-14-23(29)30)21-12-10-20(11-13-21)26-19-4-2-1-3-5-19/h1-13,16,26H,14-15H2,(H,29,30). The summed E-state index contributed by atoms with van der Waals surface area (Å²) in [5.74, 6) is -1.17. The minimum Gasteiger partial charge on any atom is -0.481 e. The number of aliphatic carboxylic acids is 1. The number of carboxylic acids is 1. The molecule has 0 aliphatic rings. The third-order valence-electron chi connectivity index (χ3n) is 4.65. The Bertz CT molecular complexity index is 1150. The van der Waals surface area contributed by atoms with Crippen LogP contribution in [-0.2, 0) is 4.79 Å². The number of nitrogens with zero attached hydrogens (tertiary/aromatic N) is 2. The summed E-state index contributed by atoms with van der Waals surface area (Å²) in [6, 6.07) is 23.8. The summed E-state index contributed by atoms with van der Waals surface area (Å²) in [5, 5.41) is 15.1. The molecule has 1 heterocycles. The molecule has 0 spiro atoms. The Hall–Kier alpha value is -3.71. The Balaban J connectivity index is 1.58. The van der Waals surface area contributed by atoms with Crippen LogP contribution >= 0.6 is 11.3 Å². The van der Waals surface area contributed by atoms with Crippen molar-refractivity contribution in [2.75, 3.05) is 16.8 Å². The third kappa shape index (κ3) is 5.26. The topological polar surface area (TPSA) is 65.5 Å². The molecule has 0 radical (unpaired) electrons. The van der Waals surface area contributed by atoms with E-state index >= 15 is 0 Å². The van der Waals surface area contributed by atoms with Gasteiger partial charge in [-0.05, 0) is 60.7 Å². The number of benzene rings is 3. The number of rotatable bonds is 8. The number of aromatic nitrogens is 1. The van der Waals surface area contributed by atoms with E-state index in [1.165, 1.54) is 23.5 Å². The van der Waals surface area contributed by atoms with E-state index in [0.717, 1.165) is 28.3 Å². The molecule has 0 aliphatic carbocycles. The van der Waals surface area contributed by atoms with Crippen LogP contribution in [0.1, 0.15) is 6.42 Å². The molecule has 4 rings (SSSR count). The first-order valence-electron chi connectivity index (χ1n) is 9.71. The van der Waals surface area contributed by atoms with E-state index < -0.39 is 5.97 Å². The predicted molar refractivity (Wildman–Crippen MR) is 123 cm³/mol. The second-order valence-electron chi connectivity index (χ2n) is 6.86. The summed E-state index contributed by atoms with van der Waals surface area (Å²) in [4.78, 5) is 17.7. The number of carboxylic acid groups (broad SMARTS) is 1. The Morgan fingerprint density at radius 3 is 2.32 bits per heavy atom. The van der Waals surface area contributed by atoms with Crippen molar-refractivity contribution in [3.8, 4) is 11.3 Å². The molecule has 2 N–H and O–H groups in total. The summed E-state index contributed by atoms with van der Waals surface area (Å²) < 4.78 is 13.2. The molecule has 156 valence electrons. The molecular weight excluding hydrogens is 413 g/mol. The van der Waals surface area contributed by atoms with Crippen LogP contribution < -0.4 is 10.2 Å². The van der Waals surface area contributed by atoms with Gasteiger partial charge < -0.3 is 15.3 Å². The lowest BCUT2D eigenvalue weighted by Crippen LogP contribution is -2.20. The zero-order chi connectivity index (χ0) is 21.6. The van der Waals surface area contributed by atoms with Gasteiger partial charge in [0.05, 0.1) is 12.1 Å². The van der Waals surface area contributed by atoms with Gasteiger partial charge in [0.1, 0.15) is 5.82 Å². The van der Waals surface area contributed by atoms with E-state index in [1.54, 1.807) is 12.1 Å². The number of nitrogens with one attached hydrogen (secondary N) is 1. The predicted octanol–water partition coefficient (Wildman–Crippen LogP) is 6.31. The number of hydrogen-bond donors (Lipinski definition) is 2. The number of carbonyl (C=O) groups is 1. The van der Waals surface area contributed by atoms with Crippen LogP contribution in [0.4, 0.5) is 26.6 Å². The maximum atomic E-state index is 13.2. The van der Waals surface area contributed by atoms with Gasteiger partial charge in [-0.3, -0.25) is 4.79 Å². The smallest absolute Gasteiger partial charge is 0.305 e. The molecule has 1 aromatic heterocycles. The van der Waals surface area contributed by atoms with E-state index in [1.807, 2.05) is 64.9 Å². The van der Waals surface area contributed by atoms with E-state index in [0.29, 0.717) is 5.13 Å². The average molecular weight is 434 g/mol. The highest BCUT2D eigenvalue weighted by Crippen LogP contribution is 2.33. The lowest BCUT2D eigenvalue weighted by Gasteiger charge is -2.21. The van der Waals surface area contributed by atoms with Crippen LogP contribution in [0, 0.1) is 5.82 Å². The van der Waals surface area contributed by atoms with E-state index in [-0.39, 0.29) is 18.8 Å². The summed E-state index contributed by atoms with van der Waals surface area (Å²) in [6.45, 7) is 0.289. The number of anilines is 4.